The summed E-state index contributed by atoms with van der Waals surface area (Å²) in [5, 5.41) is 19.2. The van der Waals surface area contributed by atoms with Crippen LogP contribution in [-0.2, 0) is 12.8 Å². The molecule has 2 nitrogen and oxygen atoms in total. The summed E-state index contributed by atoms with van der Waals surface area (Å²) < 4.78 is 26.0. The number of hydrogen-bond acceptors (Lipinski definition) is 2. The van der Waals surface area contributed by atoms with Crippen molar-refractivity contribution in [2.75, 3.05) is 0 Å². The Labute approximate surface area is 110 Å². The highest BCUT2D eigenvalue weighted by atomic mass is 19.1. The van der Waals surface area contributed by atoms with E-state index in [0.717, 1.165) is 11.6 Å². The van der Waals surface area contributed by atoms with Crippen molar-refractivity contribution in [2.24, 2.45) is 0 Å². The lowest BCUT2D eigenvalue weighted by Gasteiger charge is -2.11. The molecule has 2 N–H and O–H groups in total. The number of phenols is 1. The van der Waals surface area contributed by atoms with E-state index in [1.54, 1.807) is 18.2 Å². The zero-order valence-corrected chi connectivity index (χ0v) is 10.2. The predicted molar refractivity (Wildman–Crippen MR) is 67.9 cm³/mol. The fourth-order valence-electron chi connectivity index (χ4n) is 2.03. The second kappa shape index (κ2) is 5.80. The van der Waals surface area contributed by atoms with Crippen molar-refractivity contribution in [1.29, 1.82) is 0 Å². The Morgan fingerprint density at radius 2 is 1.53 bits per heavy atom. The van der Waals surface area contributed by atoms with Gasteiger partial charge in [0.1, 0.15) is 17.4 Å². The maximum Gasteiger partial charge on any atom is 0.126 e. The number of aliphatic hydroxyl groups excluding tert-OH is 1. The Hall–Kier alpha value is -1.94. The number of phenolic OH excluding ortho intramolecular Hbond substituents is 1. The van der Waals surface area contributed by atoms with Crippen LogP contribution in [0, 0.1) is 11.6 Å². The lowest BCUT2D eigenvalue weighted by Crippen LogP contribution is -2.14. The van der Waals surface area contributed by atoms with Gasteiger partial charge in [-0.2, -0.15) is 0 Å². The first-order chi connectivity index (χ1) is 9.02. The van der Waals surface area contributed by atoms with Crippen LogP contribution in [0.5, 0.6) is 5.75 Å². The van der Waals surface area contributed by atoms with Crippen molar-refractivity contribution in [3.63, 3.8) is 0 Å². The van der Waals surface area contributed by atoms with Crippen LogP contribution in [-0.4, -0.2) is 16.3 Å². The number of halogens is 2. The molecule has 4 heteroatoms. The Bertz CT molecular complexity index is 550. The molecule has 0 heterocycles. The molecule has 0 bridgehead atoms. The number of aromatic hydroxyl groups is 1. The van der Waals surface area contributed by atoms with Crippen LogP contribution in [0.25, 0.3) is 0 Å². The first-order valence-corrected chi connectivity index (χ1v) is 5.94. The first-order valence-electron chi connectivity index (χ1n) is 5.94. The molecule has 0 spiro atoms. The van der Waals surface area contributed by atoms with Gasteiger partial charge in [-0.15, -0.1) is 0 Å². The van der Waals surface area contributed by atoms with Crippen LogP contribution in [0.3, 0.4) is 0 Å². The van der Waals surface area contributed by atoms with E-state index in [-0.39, 0.29) is 12.2 Å². The Morgan fingerprint density at radius 3 is 2.16 bits per heavy atom. The van der Waals surface area contributed by atoms with Crippen molar-refractivity contribution in [3.8, 4) is 5.75 Å². The van der Waals surface area contributed by atoms with Crippen molar-refractivity contribution < 1.29 is 19.0 Å². The van der Waals surface area contributed by atoms with Crippen LogP contribution >= 0.6 is 0 Å². The third-order valence-corrected chi connectivity index (χ3v) is 2.78. The van der Waals surface area contributed by atoms with Crippen LogP contribution in [0.15, 0.2) is 42.5 Å². The van der Waals surface area contributed by atoms with Gasteiger partial charge in [-0.25, -0.2) is 8.78 Å². The minimum absolute atomic E-state index is 0.126. The van der Waals surface area contributed by atoms with Crippen molar-refractivity contribution >= 4 is 0 Å². The minimum Gasteiger partial charge on any atom is -0.508 e. The molecule has 19 heavy (non-hydrogen) atoms. The van der Waals surface area contributed by atoms with Crippen LogP contribution < -0.4 is 0 Å². The summed E-state index contributed by atoms with van der Waals surface area (Å²) in [7, 11) is 0. The highest BCUT2D eigenvalue weighted by Gasteiger charge is 2.09. The van der Waals surface area contributed by atoms with E-state index < -0.39 is 17.7 Å². The van der Waals surface area contributed by atoms with E-state index in [2.05, 4.69) is 0 Å². The number of benzene rings is 2. The summed E-state index contributed by atoms with van der Waals surface area (Å²) in [4.78, 5) is 0. The summed E-state index contributed by atoms with van der Waals surface area (Å²) in [6.07, 6.45) is -0.292. The van der Waals surface area contributed by atoms with Crippen molar-refractivity contribution in [3.05, 3.63) is 65.2 Å². The molecule has 2 rings (SSSR count). The third-order valence-electron chi connectivity index (χ3n) is 2.78. The van der Waals surface area contributed by atoms with Gasteiger partial charge in [0.2, 0.25) is 0 Å². The summed E-state index contributed by atoms with van der Waals surface area (Å²) in [6, 6.07) is 9.75. The topological polar surface area (TPSA) is 40.5 Å². The second-order valence-electron chi connectivity index (χ2n) is 4.51. The summed E-state index contributed by atoms with van der Waals surface area (Å²) in [6.45, 7) is 0. The zero-order chi connectivity index (χ0) is 13.8. The molecule has 0 aromatic heterocycles. The molecular weight excluding hydrogens is 250 g/mol. The summed E-state index contributed by atoms with van der Waals surface area (Å²) in [5.74, 6) is -1.18. The third kappa shape index (κ3) is 4.03. The smallest absolute Gasteiger partial charge is 0.126 e. The van der Waals surface area contributed by atoms with E-state index in [9.17, 15) is 19.0 Å². The van der Waals surface area contributed by atoms with Gasteiger partial charge in [-0.05, 0) is 48.2 Å². The second-order valence-corrected chi connectivity index (χ2v) is 4.51. The molecule has 0 saturated heterocycles. The van der Waals surface area contributed by atoms with Gasteiger partial charge in [0.15, 0.2) is 0 Å². The summed E-state index contributed by atoms with van der Waals surface area (Å²) in [5.41, 5.74) is 1.18. The lowest BCUT2D eigenvalue weighted by molar-refractivity contribution is 0.175. The molecule has 1 unspecified atom stereocenters. The van der Waals surface area contributed by atoms with Crippen LogP contribution in [0.1, 0.15) is 11.1 Å². The first kappa shape index (κ1) is 13.5. The van der Waals surface area contributed by atoms with Crippen molar-refractivity contribution in [2.45, 2.75) is 18.9 Å². The minimum atomic E-state index is -0.761. The average molecular weight is 264 g/mol. The lowest BCUT2D eigenvalue weighted by atomic mass is 10.0. The highest BCUT2D eigenvalue weighted by Crippen LogP contribution is 2.15. The Balaban J connectivity index is 2.03. The van der Waals surface area contributed by atoms with Gasteiger partial charge in [0, 0.05) is 6.07 Å². The van der Waals surface area contributed by atoms with E-state index in [1.165, 1.54) is 18.2 Å². The molecule has 1 atom stereocenters. The molecule has 0 amide bonds. The molecule has 0 saturated carbocycles. The van der Waals surface area contributed by atoms with Gasteiger partial charge in [0.25, 0.3) is 0 Å². The molecule has 0 aliphatic heterocycles. The SMILES string of the molecule is Oc1cccc(CC(O)Cc2cc(F)cc(F)c2)c1. The van der Waals surface area contributed by atoms with Gasteiger partial charge >= 0.3 is 0 Å². The van der Waals surface area contributed by atoms with E-state index in [0.29, 0.717) is 12.0 Å². The molecule has 2 aromatic carbocycles. The average Bonchev–Trinajstić information content (AvgIpc) is 2.26. The largest absolute Gasteiger partial charge is 0.508 e. The van der Waals surface area contributed by atoms with Crippen LogP contribution in [0.4, 0.5) is 8.78 Å². The zero-order valence-electron chi connectivity index (χ0n) is 10.2. The maximum atomic E-state index is 13.0. The molecule has 0 radical (unpaired) electrons. The Morgan fingerprint density at radius 1 is 0.895 bits per heavy atom. The normalized spacial score (nSPS) is 12.4. The molecule has 0 aliphatic rings. The molecule has 100 valence electrons. The number of rotatable bonds is 4. The van der Waals surface area contributed by atoms with Crippen molar-refractivity contribution in [1.82, 2.24) is 0 Å². The fraction of sp³-hybridized carbons (Fsp3) is 0.200. The quantitative estimate of drug-likeness (QED) is 0.891. The predicted octanol–water partition coefficient (Wildman–Crippen LogP) is 2.82. The maximum absolute atomic E-state index is 13.0. The van der Waals surface area contributed by atoms with E-state index >= 15 is 0 Å². The van der Waals surface area contributed by atoms with Gasteiger partial charge in [0.05, 0.1) is 6.10 Å². The van der Waals surface area contributed by atoms with E-state index in [1.807, 2.05) is 0 Å². The monoisotopic (exact) mass is 264 g/mol. The molecular formula is C15H14F2O2. The molecule has 2 aromatic rings. The van der Waals surface area contributed by atoms with Crippen LogP contribution in [0.2, 0.25) is 0 Å². The standard InChI is InChI=1S/C15H14F2O2/c16-12-4-11(5-13(17)9-12)8-15(19)7-10-2-1-3-14(18)6-10/h1-6,9,15,18-19H,7-8H2. The Kier molecular flexibility index (Phi) is 4.12. The summed E-state index contributed by atoms with van der Waals surface area (Å²) >= 11 is 0. The fourth-order valence-corrected chi connectivity index (χ4v) is 2.03. The highest BCUT2D eigenvalue weighted by molar-refractivity contribution is 5.28. The van der Waals surface area contributed by atoms with E-state index in [4.69, 9.17) is 0 Å². The molecule has 0 fully saturated rings. The van der Waals surface area contributed by atoms with Gasteiger partial charge in [-0.3, -0.25) is 0 Å². The van der Waals surface area contributed by atoms with Gasteiger partial charge < -0.3 is 10.2 Å². The number of hydrogen-bond donors (Lipinski definition) is 2. The van der Waals surface area contributed by atoms with Gasteiger partial charge in [-0.1, -0.05) is 12.1 Å². The number of aliphatic hydroxyl groups is 1. The molecule has 0 aliphatic carbocycles.